The molecule has 2 aromatic rings. The molecular formula is C17H18ClNOS. The molecule has 0 heterocycles. The van der Waals surface area contributed by atoms with E-state index in [0.717, 1.165) is 21.0 Å². The molecule has 0 aliphatic heterocycles. The first-order valence-electron chi connectivity index (χ1n) is 6.79. The second-order valence-corrected chi connectivity index (χ2v) is 6.13. The fourth-order valence-corrected chi connectivity index (χ4v) is 2.99. The SMILES string of the molecule is CSc1ccccc1C(=O)N[C@@H](C)Cc1ccccc1Cl. The minimum Gasteiger partial charge on any atom is -0.349 e. The van der Waals surface area contributed by atoms with Crippen molar-refractivity contribution in [2.24, 2.45) is 0 Å². The molecular weight excluding hydrogens is 302 g/mol. The third-order valence-corrected chi connectivity index (χ3v) is 4.38. The summed E-state index contributed by atoms with van der Waals surface area (Å²) < 4.78 is 0. The molecule has 0 aromatic heterocycles. The zero-order chi connectivity index (χ0) is 15.2. The molecule has 2 aromatic carbocycles. The van der Waals surface area contributed by atoms with Crippen molar-refractivity contribution in [2.75, 3.05) is 6.26 Å². The molecule has 0 spiro atoms. The van der Waals surface area contributed by atoms with Crippen molar-refractivity contribution >= 4 is 29.3 Å². The number of thioether (sulfide) groups is 1. The minimum absolute atomic E-state index is 0.0207. The highest BCUT2D eigenvalue weighted by Gasteiger charge is 2.14. The Morgan fingerprint density at radius 1 is 1.19 bits per heavy atom. The number of rotatable bonds is 5. The Morgan fingerprint density at radius 2 is 1.86 bits per heavy atom. The summed E-state index contributed by atoms with van der Waals surface area (Å²) in [6.07, 6.45) is 2.69. The van der Waals surface area contributed by atoms with Crippen LogP contribution in [-0.4, -0.2) is 18.2 Å². The highest BCUT2D eigenvalue weighted by atomic mass is 35.5. The summed E-state index contributed by atoms with van der Waals surface area (Å²) in [6.45, 7) is 1.99. The van der Waals surface area contributed by atoms with Crippen LogP contribution in [0.4, 0.5) is 0 Å². The molecule has 1 N–H and O–H groups in total. The number of carbonyl (C=O) groups excluding carboxylic acids is 1. The molecule has 1 amide bonds. The predicted molar refractivity (Wildman–Crippen MR) is 90.3 cm³/mol. The number of hydrogen-bond donors (Lipinski definition) is 1. The van der Waals surface area contributed by atoms with Gasteiger partial charge in [-0.05, 0) is 43.4 Å². The van der Waals surface area contributed by atoms with Crippen LogP contribution >= 0.6 is 23.4 Å². The van der Waals surface area contributed by atoms with Crippen LogP contribution in [0.5, 0.6) is 0 Å². The summed E-state index contributed by atoms with van der Waals surface area (Å²) in [5.41, 5.74) is 1.76. The third-order valence-electron chi connectivity index (χ3n) is 3.21. The van der Waals surface area contributed by atoms with Gasteiger partial charge in [-0.15, -0.1) is 11.8 Å². The van der Waals surface area contributed by atoms with Gasteiger partial charge in [0.2, 0.25) is 0 Å². The van der Waals surface area contributed by atoms with Gasteiger partial charge in [-0.2, -0.15) is 0 Å². The van der Waals surface area contributed by atoms with Gasteiger partial charge in [0.1, 0.15) is 0 Å². The van der Waals surface area contributed by atoms with Crippen molar-refractivity contribution in [3.63, 3.8) is 0 Å². The first-order chi connectivity index (χ1) is 10.1. The highest BCUT2D eigenvalue weighted by Crippen LogP contribution is 2.20. The molecule has 0 radical (unpaired) electrons. The van der Waals surface area contributed by atoms with Gasteiger partial charge in [0.15, 0.2) is 0 Å². The average Bonchev–Trinajstić information content (AvgIpc) is 2.49. The molecule has 0 fully saturated rings. The number of halogens is 1. The van der Waals surface area contributed by atoms with Crippen LogP contribution in [0.2, 0.25) is 5.02 Å². The van der Waals surface area contributed by atoms with Gasteiger partial charge in [0.25, 0.3) is 5.91 Å². The Balaban J connectivity index is 2.04. The molecule has 110 valence electrons. The second-order valence-electron chi connectivity index (χ2n) is 4.87. The van der Waals surface area contributed by atoms with Gasteiger partial charge >= 0.3 is 0 Å². The lowest BCUT2D eigenvalue weighted by Gasteiger charge is -2.16. The summed E-state index contributed by atoms with van der Waals surface area (Å²) in [5, 5.41) is 3.77. The maximum absolute atomic E-state index is 12.4. The van der Waals surface area contributed by atoms with Crippen LogP contribution < -0.4 is 5.32 Å². The maximum Gasteiger partial charge on any atom is 0.252 e. The fraction of sp³-hybridized carbons (Fsp3) is 0.235. The van der Waals surface area contributed by atoms with E-state index in [1.807, 2.05) is 61.7 Å². The Hall–Kier alpha value is -1.45. The van der Waals surface area contributed by atoms with Gasteiger partial charge in [-0.3, -0.25) is 4.79 Å². The minimum atomic E-state index is -0.0421. The topological polar surface area (TPSA) is 29.1 Å². The van der Waals surface area contributed by atoms with E-state index in [-0.39, 0.29) is 11.9 Å². The smallest absolute Gasteiger partial charge is 0.252 e. The molecule has 0 saturated carbocycles. The molecule has 21 heavy (non-hydrogen) atoms. The number of amides is 1. The van der Waals surface area contributed by atoms with Crippen LogP contribution in [0.25, 0.3) is 0 Å². The number of hydrogen-bond acceptors (Lipinski definition) is 2. The summed E-state index contributed by atoms with van der Waals surface area (Å²) >= 11 is 7.73. The third kappa shape index (κ3) is 4.26. The monoisotopic (exact) mass is 319 g/mol. The van der Waals surface area contributed by atoms with Crippen molar-refractivity contribution in [1.29, 1.82) is 0 Å². The predicted octanol–water partition coefficient (Wildman–Crippen LogP) is 4.42. The van der Waals surface area contributed by atoms with Gasteiger partial charge in [0, 0.05) is 16.0 Å². The lowest BCUT2D eigenvalue weighted by Crippen LogP contribution is -2.34. The Morgan fingerprint density at radius 3 is 2.57 bits per heavy atom. The van der Waals surface area contributed by atoms with E-state index in [0.29, 0.717) is 6.42 Å². The molecule has 0 bridgehead atoms. The highest BCUT2D eigenvalue weighted by molar-refractivity contribution is 7.98. The van der Waals surface area contributed by atoms with E-state index in [1.54, 1.807) is 11.8 Å². The summed E-state index contributed by atoms with van der Waals surface area (Å²) in [5.74, 6) is -0.0421. The molecule has 0 aliphatic rings. The first-order valence-corrected chi connectivity index (χ1v) is 8.39. The van der Waals surface area contributed by atoms with Gasteiger partial charge in [0.05, 0.1) is 5.56 Å². The average molecular weight is 320 g/mol. The lowest BCUT2D eigenvalue weighted by molar-refractivity contribution is 0.0937. The zero-order valence-corrected chi connectivity index (χ0v) is 13.7. The molecule has 2 nitrogen and oxygen atoms in total. The van der Waals surface area contributed by atoms with E-state index >= 15 is 0 Å². The van der Waals surface area contributed by atoms with Crippen molar-refractivity contribution in [1.82, 2.24) is 5.32 Å². The Kier molecular flexibility index (Phi) is 5.71. The maximum atomic E-state index is 12.4. The fourth-order valence-electron chi connectivity index (χ4n) is 2.18. The zero-order valence-electron chi connectivity index (χ0n) is 12.1. The largest absolute Gasteiger partial charge is 0.349 e. The second kappa shape index (κ2) is 7.53. The van der Waals surface area contributed by atoms with E-state index in [4.69, 9.17) is 11.6 Å². The van der Waals surface area contributed by atoms with E-state index in [1.165, 1.54) is 0 Å². The van der Waals surface area contributed by atoms with Crippen LogP contribution in [-0.2, 0) is 6.42 Å². The van der Waals surface area contributed by atoms with Gasteiger partial charge < -0.3 is 5.32 Å². The van der Waals surface area contributed by atoms with Crippen molar-refractivity contribution in [2.45, 2.75) is 24.3 Å². The van der Waals surface area contributed by atoms with Crippen molar-refractivity contribution in [3.05, 3.63) is 64.7 Å². The summed E-state index contributed by atoms with van der Waals surface area (Å²) in [4.78, 5) is 13.3. The molecule has 0 aliphatic carbocycles. The van der Waals surface area contributed by atoms with E-state index in [2.05, 4.69) is 5.32 Å². The van der Waals surface area contributed by atoms with Crippen LogP contribution in [0.3, 0.4) is 0 Å². The molecule has 2 rings (SSSR count). The first kappa shape index (κ1) is 15.9. The van der Waals surface area contributed by atoms with Crippen LogP contribution in [0, 0.1) is 0 Å². The number of nitrogens with one attached hydrogen (secondary N) is 1. The molecule has 0 saturated heterocycles. The van der Waals surface area contributed by atoms with Gasteiger partial charge in [-0.25, -0.2) is 0 Å². The van der Waals surface area contributed by atoms with Gasteiger partial charge in [-0.1, -0.05) is 41.9 Å². The van der Waals surface area contributed by atoms with E-state index in [9.17, 15) is 4.79 Å². The number of carbonyl (C=O) groups is 1. The van der Waals surface area contributed by atoms with Crippen LogP contribution in [0.15, 0.2) is 53.4 Å². The quantitative estimate of drug-likeness (QED) is 0.826. The number of benzene rings is 2. The summed E-state index contributed by atoms with van der Waals surface area (Å²) in [7, 11) is 0. The Labute approximate surface area is 134 Å². The molecule has 1 atom stereocenters. The van der Waals surface area contributed by atoms with Crippen LogP contribution in [0.1, 0.15) is 22.8 Å². The van der Waals surface area contributed by atoms with E-state index < -0.39 is 0 Å². The standard InChI is InChI=1S/C17H18ClNOS/c1-12(11-13-7-3-5-9-15(13)18)19-17(20)14-8-4-6-10-16(14)21-2/h3-10,12H,11H2,1-2H3,(H,19,20)/t12-/m0/s1. The molecule has 0 unspecified atom stereocenters. The lowest BCUT2D eigenvalue weighted by atomic mass is 10.1. The normalized spacial score (nSPS) is 12.0. The van der Waals surface area contributed by atoms with Crippen molar-refractivity contribution < 1.29 is 4.79 Å². The van der Waals surface area contributed by atoms with Crippen molar-refractivity contribution in [3.8, 4) is 0 Å². The Bertz CT molecular complexity index is 630. The molecule has 4 heteroatoms. The summed E-state index contributed by atoms with van der Waals surface area (Å²) in [6, 6.07) is 15.4.